The summed E-state index contributed by atoms with van der Waals surface area (Å²) in [6, 6.07) is 9.67. The SMILES string of the molecule is CC(O)C(NC(=O)C(N)CCCN=C(N)N)C(=O)NC(Cc1c[nH]c2ccccc12)C(=O)NC(Cc1c[nH]c2ccccc12)C(=O)O. The van der Waals surface area contributed by atoms with E-state index < -0.39 is 54.0 Å². The summed E-state index contributed by atoms with van der Waals surface area (Å²) in [7, 11) is 0. The number of hydrogen-bond donors (Lipinski definition) is 10. The van der Waals surface area contributed by atoms with E-state index in [4.69, 9.17) is 17.2 Å². The van der Waals surface area contributed by atoms with E-state index >= 15 is 0 Å². The van der Waals surface area contributed by atoms with Gasteiger partial charge < -0.3 is 53.3 Å². The molecule has 5 atom stereocenters. The standard InChI is InChI=1S/C32H41N9O6/c1-17(42)27(41-28(43)22(33)9-6-12-36-32(34)35)30(45)39-25(13-18-15-37-23-10-4-2-7-20(18)23)29(44)40-26(31(46)47)14-19-16-38-24-11-5-3-8-21(19)24/h2-5,7-8,10-11,15-17,22,25-27,37-38,42H,6,9,12-14,33H2,1H3,(H,39,45)(H,40,44)(H,41,43)(H,46,47)(H4,34,35,36). The summed E-state index contributed by atoms with van der Waals surface area (Å²) in [4.78, 5) is 62.5. The third-order valence-electron chi connectivity index (χ3n) is 7.81. The van der Waals surface area contributed by atoms with Gasteiger partial charge in [0.15, 0.2) is 5.96 Å². The Hall–Kier alpha value is -5.41. The number of nitrogens with one attached hydrogen (secondary N) is 5. The fourth-order valence-corrected chi connectivity index (χ4v) is 5.30. The van der Waals surface area contributed by atoms with E-state index in [1.54, 1.807) is 12.4 Å². The molecule has 2 aromatic heterocycles. The van der Waals surface area contributed by atoms with E-state index in [2.05, 4.69) is 30.9 Å². The molecule has 0 aliphatic heterocycles. The molecule has 13 N–H and O–H groups in total. The molecule has 4 rings (SSSR count). The highest BCUT2D eigenvalue weighted by molar-refractivity contribution is 5.95. The van der Waals surface area contributed by atoms with Crippen LogP contribution in [-0.4, -0.2) is 86.6 Å². The van der Waals surface area contributed by atoms with Gasteiger partial charge in [0, 0.05) is 53.6 Å². The number of carbonyl (C=O) groups excluding carboxylic acids is 3. The van der Waals surface area contributed by atoms with E-state index in [0.29, 0.717) is 17.5 Å². The molecule has 0 saturated heterocycles. The van der Waals surface area contributed by atoms with Gasteiger partial charge in [-0.15, -0.1) is 0 Å². The van der Waals surface area contributed by atoms with Crippen molar-refractivity contribution < 1.29 is 29.4 Å². The maximum atomic E-state index is 13.8. The number of carbonyl (C=O) groups is 4. The van der Waals surface area contributed by atoms with Crippen LogP contribution in [0.5, 0.6) is 0 Å². The Balaban J connectivity index is 1.53. The highest BCUT2D eigenvalue weighted by atomic mass is 16.4. The smallest absolute Gasteiger partial charge is 0.326 e. The highest BCUT2D eigenvalue weighted by Gasteiger charge is 2.33. The van der Waals surface area contributed by atoms with Crippen molar-refractivity contribution >= 4 is 51.5 Å². The van der Waals surface area contributed by atoms with E-state index in [0.717, 1.165) is 21.8 Å². The molecule has 2 aromatic carbocycles. The average Bonchev–Trinajstić information content (AvgIpc) is 3.64. The first-order valence-electron chi connectivity index (χ1n) is 15.2. The van der Waals surface area contributed by atoms with Gasteiger partial charge in [0.25, 0.3) is 0 Å². The fraction of sp³-hybridized carbons (Fsp3) is 0.344. The molecule has 15 heteroatoms. The summed E-state index contributed by atoms with van der Waals surface area (Å²) in [5.74, 6) is -3.66. The number of para-hydroxylation sites is 2. The number of nitrogens with zero attached hydrogens (tertiary/aromatic N) is 1. The number of nitrogens with two attached hydrogens (primary N) is 3. The first-order valence-corrected chi connectivity index (χ1v) is 15.2. The van der Waals surface area contributed by atoms with Gasteiger partial charge in [-0.05, 0) is 43.0 Å². The molecule has 5 unspecified atom stereocenters. The zero-order valence-electron chi connectivity index (χ0n) is 25.9. The molecule has 2 heterocycles. The van der Waals surface area contributed by atoms with Gasteiger partial charge in [0.1, 0.15) is 18.1 Å². The highest BCUT2D eigenvalue weighted by Crippen LogP contribution is 2.21. The molecule has 250 valence electrons. The second kappa shape index (κ2) is 15.7. The topological polar surface area (TPSA) is 267 Å². The Bertz CT molecular complexity index is 1740. The number of aromatic nitrogens is 2. The lowest BCUT2D eigenvalue weighted by Gasteiger charge is -2.26. The normalized spacial score (nSPS) is 14.4. The molecule has 4 aromatic rings. The van der Waals surface area contributed by atoms with Crippen molar-refractivity contribution in [3.8, 4) is 0 Å². The van der Waals surface area contributed by atoms with Crippen LogP contribution < -0.4 is 33.2 Å². The van der Waals surface area contributed by atoms with E-state index in [1.807, 2.05) is 48.5 Å². The molecular formula is C32H41N9O6. The number of amides is 3. The van der Waals surface area contributed by atoms with Crippen LogP contribution in [0.2, 0.25) is 0 Å². The number of carboxylic acids is 1. The number of fused-ring (bicyclic) bond motifs is 2. The van der Waals surface area contributed by atoms with Crippen LogP contribution in [0.3, 0.4) is 0 Å². The molecule has 0 aliphatic carbocycles. The van der Waals surface area contributed by atoms with Crippen LogP contribution in [0.4, 0.5) is 0 Å². The number of aromatic amines is 2. The first kappa shape index (κ1) is 34.5. The molecule has 3 amide bonds. The summed E-state index contributed by atoms with van der Waals surface area (Å²) in [6.07, 6.45) is 2.59. The Labute approximate surface area is 270 Å². The van der Waals surface area contributed by atoms with Crippen LogP contribution in [-0.2, 0) is 32.0 Å². The average molecular weight is 648 g/mol. The summed E-state index contributed by atoms with van der Waals surface area (Å²) in [5, 5.41) is 29.8. The number of benzene rings is 2. The Morgan fingerprint density at radius 1 is 0.809 bits per heavy atom. The zero-order chi connectivity index (χ0) is 34.1. The van der Waals surface area contributed by atoms with Crippen molar-refractivity contribution in [2.75, 3.05) is 6.54 Å². The zero-order valence-corrected chi connectivity index (χ0v) is 25.9. The Morgan fingerprint density at radius 3 is 1.87 bits per heavy atom. The number of aliphatic hydroxyl groups excluding tert-OH is 1. The number of hydrogen-bond acceptors (Lipinski definition) is 7. The maximum Gasteiger partial charge on any atom is 0.326 e. The van der Waals surface area contributed by atoms with Gasteiger partial charge in [0.2, 0.25) is 17.7 Å². The van der Waals surface area contributed by atoms with Gasteiger partial charge >= 0.3 is 5.97 Å². The number of guanidine groups is 1. The lowest BCUT2D eigenvalue weighted by atomic mass is 10.0. The number of carboxylic acid groups (broad SMARTS) is 1. The van der Waals surface area contributed by atoms with Crippen LogP contribution in [0.1, 0.15) is 30.9 Å². The van der Waals surface area contributed by atoms with Gasteiger partial charge in [-0.3, -0.25) is 19.4 Å². The summed E-state index contributed by atoms with van der Waals surface area (Å²) in [6.45, 7) is 1.57. The lowest BCUT2D eigenvalue weighted by Crippen LogP contribution is -2.60. The molecule has 0 spiro atoms. The largest absolute Gasteiger partial charge is 0.480 e. The van der Waals surface area contributed by atoms with Crippen molar-refractivity contribution in [1.82, 2.24) is 25.9 Å². The molecule has 15 nitrogen and oxygen atoms in total. The first-order chi connectivity index (χ1) is 22.4. The third-order valence-corrected chi connectivity index (χ3v) is 7.81. The number of aliphatic carboxylic acids is 1. The van der Waals surface area contributed by atoms with Crippen LogP contribution in [0.25, 0.3) is 21.8 Å². The van der Waals surface area contributed by atoms with Crippen molar-refractivity contribution in [3.05, 3.63) is 72.1 Å². The van der Waals surface area contributed by atoms with E-state index in [-0.39, 0.29) is 31.8 Å². The minimum atomic E-state index is -1.47. The lowest BCUT2D eigenvalue weighted by molar-refractivity contribution is -0.142. The van der Waals surface area contributed by atoms with Crippen molar-refractivity contribution in [2.24, 2.45) is 22.2 Å². The minimum absolute atomic E-state index is 0.0216. The molecule has 0 radical (unpaired) electrons. The maximum absolute atomic E-state index is 13.8. The number of H-pyrrole nitrogens is 2. The van der Waals surface area contributed by atoms with Crippen LogP contribution in [0.15, 0.2) is 65.9 Å². The van der Waals surface area contributed by atoms with E-state index in [9.17, 15) is 29.4 Å². The fourth-order valence-electron chi connectivity index (χ4n) is 5.30. The minimum Gasteiger partial charge on any atom is -0.480 e. The summed E-state index contributed by atoms with van der Waals surface area (Å²) < 4.78 is 0. The number of aliphatic imine (C=N–C) groups is 1. The van der Waals surface area contributed by atoms with Crippen molar-refractivity contribution in [3.63, 3.8) is 0 Å². The summed E-state index contributed by atoms with van der Waals surface area (Å²) >= 11 is 0. The molecule has 0 bridgehead atoms. The second-order valence-corrected chi connectivity index (χ2v) is 11.4. The molecule has 47 heavy (non-hydrogen) atoms. The van der Waals surface area contributed by atoms with Gasteiger partial charge in [-0.2, -0.15) is 0 Å². The van der Waals surface area contributed by atoms with Crippen molar-refractivity contribution in [1.29, 1.82) is 0 Å². The van der Waals surface area contributed by atoms with Crippen molar-refractivity contribution in [2.45, 2.75) is 62.9 Å². The molecule has 0 saturated carbocycles. The molecule has 0 aliphatic rings. The quantitative estimate of drug-likeness (QED) is 0.0435. The second-order valence-electron chi connectivity index (χ2n) is 11.4. The predicted octanol–water partition coefficient (Wildman–Crippen LogP) is -0.265. The van der Waals surface area contributed by atoms with E-state index in [1.165, 1.54) is 6.92 Å². The third kappa shape index (κ3) is 9.08. The van der Waals surface area contributed by atoms with Gasteiger partial charge in [-0.1, -0.05) is 36.4 Å². The van der Waals surface area contributed by atoms with Crippen LogP contribution in [0, 0.1) is 0 Å². The monoisotopic (exact) mass is 647 g/mol. The summed E-state index contributed by atoms with van der Waals surface area (Å²) in [5.41, 5.74) is 19.6. The predicted molar refractivity (Wildman–Crippen MR) is 177 cm³/mol. The van der Waals surface area contributed by atoms with Crippen LogP contribution >= 0.6 is 0 Å². The molecule has 0 fully saturated rings. The Kier molecular flexibility index (Phi) is 11.5. The molecular weight excluding hydrogens is 606 g/mol. The van der Waals surface area contributed by atoms with Gasteiger partial charge in [-0.25, -0.2) is 4.79 Å². The number of aliphatic hydroxyl groups is 1. The Morgan fingerprint density at radius 2 is 1.34 bits per heavy atom. The van der Waals surface area contributed by atoms with Gasteiger partial charge in [0.05, 0.1) is 12.1 Å². The number of rotatable bonds is 16.